The van der Waals surface area contributed by atoms with Crippen LogP contribution in [0.2, 0.25) is 0 Å². The summed E-state index contributed by atoms with van der Waals surface area (Å²) in [6, 6.07) is 5.86. The number of halogens is 1. The van der Waals surface area contributed by atoms with Gasteiger partial charge in [0.1, 0.15) is 0 Å². The predicted molar refractivity (Wildman–Crippen MR) is 69.7 cm³/mol. The SMILES string of the molecule is CC(C)C(C)Sc1ccc(C=O)c(Br)c1. The van der Waals surface area contributed by atoms with Crippen molar-refractivity contribution < 1.29 is 4.79 Å². The lowest BCUT2D eigenvalue weighted by Gasteiger charge is -2.15. The summed E-state index contributed by atoms with van der Waals surface area (Å²) < 4.78 is 0.874. The molecule has 82 valence electrons. The first kappa shape index (κ1) is 12.8. The summed E-state index contributed by atoms with van der Waals surface area (Å²) in [4.78, 5) is 11.8. The van der Waals surface area contributed by atoms with Crippen LogP contribution in [0.4, 0.5) is 0 Å². The number of thioether (sulfide) groups is 1. The molecule has 0 N–H and O–H groups in total. The molecule has 1 rings (SSSR count). The van der Waals surface area contributed by atoms with Crippen molar-refractivity contribution in [1.29, 1.82) is 0 Å². The Labute approximate surface area is 104 Å². The number of hydrogen-bond donors (Lipinski definition) is 0. The Kier molecular flexibility index (Phi) is 4.87. The Morgan fingerprint density at radius 1 is 1.33 bits per heavy atom. The van der Waals surface area contributed by atoms with E-state index in [9.17, 15) is 4.79 Å². The third-order valence-corrected chi connectivity index (χ3v) is 4.49. The van der Waals surface area contributed by atoms with E-state index in [0.717, 1.165) is 10.8 Å². The average molecular weight is 287 g/mol. The fraction of sp³-hybridized carbons (Fsp3) is 0.417. The Morgan fingerprint density at radius 2 is 2.00 bits per heavy atom. The molecule has 0 aliphatic carbocycles. The van der Waals surface area contributed by atoms with E-state index in [-0.39, 0.29) is 0 Å². The van der Waals surface area contributed by atoms with Gasteiger partial charge in [0, 0.05) is 20.2 Å². The lowest BCUT2D eigenvalue weighted by molar-refractivity contribution is 0.112. The predicted octanol–water partition coefficient (Wildman–Crippen LogP) is 4.40. The monoisotopic (exact) mass is 286 g/mol. The molecule has 0 saturated heterocycles. The molecule has 3 heteroatoms. The largest absolute Gasteiger partial charge is 0.298 e. The van der Waals surface area contributed by atoms with Gasteiger partial charge in [-0.15, -0.1) is 11.8 Å². The van der Waals surface area contributed by atoms with Crippen molar-refractivity contribution >= 4 is 34.0 Å². The van der Waals surface area contributed by atoms with E-state index < -0.39 is 0 Å². The van der Waals surface area contributed by atoms with E-state index in [0.29, 0.717) is 16.7 Å². The van der Waals surface area contributed by atoms with Crippen LogP contribution in [0.3, 0.4) is 0 Å². The molecule has 1 nitrogen and oxygen atoms in total. The van der Waals surface area contributed by atoms with Crippen LogP contribution in [0.5, 0.6) is 0 Å². The van der Waals surface area contributed by atoms with E-state index >= 15 is 0 Å². The highest BCUT2D eigenvalue weighted by molar-refractivity contribution is 9.10. The summed E-state index contributed by atoms with van der Waals surface area (Å²) >= 11 is 5.23. The van der Waals surface area contributed by atoms with Gasteiger partial charge in [0.2, 0.25) is 0 Å². The van der Waals surface area contributed by atoms with Gasteiger partial charge in [0.15, 0.2) is 6.29 Å². The smallest absolute Gasteiger partial charge is 0.151 e. The van der Waals surface area contributed by atoms with Gasteiger partial charge in [-0.1, -0.05) is 36.7 Å². The topological polar surface area (TPSA) is 17.1 Å². The normalized spacial score (nSPS) is 12.9. The highest BCUT2D eigenvalue weighted by atomic mass is 79.9. The van der Waals surface area contributed by atoms with Crippen LogP contribution in [0.15, 0.2) is 27.6 Å². The van der Waals surface area contributed by atoms with Crippen LogP contribution < -0.4 is 0 Å². The first-order valence-electron chi connectivity index (χ1n) is 4.96. The van der Waals surface area contributed by atoms with Gasteiger partial charge < -0.3 is 0 Å². The van der Waals surface area contributed by atoms with E-state index in [1.54, 1.807) is 0 Å². The minimum Gasteiger partial charge on any atom is -0.298 e. The summed E-state index contributed by atoms with van der Waals surface area (Å²) in [5.74, 6) is 0.652. The molecule has 15 heavy (non-hydrogen) atoms. The van der Waals surface area contributed by atoms with Crippen LogP contribution in [-0.4, -0.2) is 11.5 Å². The van der Waals surface area contributed by atoms with Gasteiger partial charge in [-0.2, -0.15) is 0 Å². The standard InChI is InChI=1S/C12H15BrOS/c1-8(2)9(3)15-11-5-4-10(7-14)12(13)6-11/h4-9H,1-3H3. The fourth-order valence-electron chi connectivity index (χ4n) is 1.03. The van der Waals surface area contributed by atoms with Crippen molar-refractivity contribution in [2.24, 2.45) is 5.92 Å². The number of carbonyl (C=O) groups excluding carboxylic acids is 1. The van der Waals surface area contributed by atoms with Crippen molar-refractivity contribution in [3.05, 3.63) is 28.2 Å². The molecule has 0 saturated carbocycles. The zero-order chi connectivity index (χ0) is 11.4. The Hall–Kier alpha value is -0.280. The maximum atomic E-state index is 10.6. The summed E-state index contributed by atoms with van der Waals surface area (Å²) in [6.45, 7) is 6.65. The van der Waals surface area contributed by atoms with Crippen molar-refractivity contribution in [2.75, 3.05) is 0 Å². The second-order valence-electron chi connectivity index (χ2n) is 3.87. The lowest BCUT2D eigenvalue weighted by atomic mass is 10.2. The molecule has 0 radical (unpaired) electrons. The van der Waals surface area contributed by atoms with Gasteiger partial charge in [0.25, 0.3) is 0 Å². The fourth-order valence-corrected chi connectivity index (χ4v) is 2.69. The first-order chi connectivity index (χ1) is 7.04. The van der Waals surface area contributed by atoms with Crippen LogP contribution in [0.25, 0.3) is 0 Å². The maximum Gasteiger partial charge on any atom is 0.151 e. The molecule has 0 heterocycles. The molecule has 0 aliphatic rings. The van der Waals surface area contributed by atoms with Crippen LogP contribution >= 0.6 is 27.7 Å². The maximum absolute atomic E-state index is 10.6. The van der Waals surface area contributed by atoms with E-state index in [1.165, 1.54) is 4.90 Å². The van der Waals surface area contributed by atoms with E-state index in [4.69, 9.17) is 0 Å². The zero-order valence-electron chi connectivity index (χ0n) is 9.16. The van der Waals surface area contributed by atoms with Crippen molar-refractivity contribution in [3.63, 3.8) is 0 Å². The molecule has 1 aromatic rings. The summed E-state index contributed by atoms with van der Waals surface area (Å²) in [5.41, 5.74) is 0.705. The minimum atomic E-state index is 0.582. The van der Waals surface area contributed by atoms with Crippen molar-refractivity contribution in [3.8, 4) is 0 Å². The molecule has 1 unspecified atom stereocenters. The van der Waals surface area contributed by atoms with Gasteiger partial charge in [-0.05, 0) is 24.1 Å². The molecule has 0 spiro atoms. The number of aldehydes is 1. The highest BCUT2D eigenvalue weighted by Gasteiger charge is 2.09. The Bertz CT molecular complexity index is 349. The lowest BCUT2D eigenvalue weighted by Crippen LogP contribution is -2.05. The van der Waals surface area contributed by atoms with Gasteiger partial charge in [-0.25, -0.2) is 0 Å². The van der Waals surface area contributed by atoms with Gasteiger partial charge >= 0.3 is 0 Å². The van der Waals surface area contributed by atoms with Crippen LogP contribution in [0.1, 0.15) is 31.1 Å². The molecule has 0 amide bonds. The number of hydrogen-bond acceptors (Lipinski definition) is 2. The minimum absolute atomic E-state index is 0.582. The molecule has 0 aromatic heterocycles. The van der Waals surface area contributed by atoms with E-state index in [2.05, 4.69) is 36.7 Å². The average Bonchev–Trinajstić information content (AvgIpc) is 2.18. The molecule has 0 bridgehead atoms. The second-order valence-corrected chi connectivity index (χ2v) is 6.17. The van der Waals surface area contributed by atoms with Crippen LogP contribution in [0, 0.1) is 5.92 Å². The van der Waals surface area contributed by atoms with Crippen molar-refractivity contribution in [2.45, 2.75) is 30.9 Å². The third-order valence-electron chi connectivity index (χ3n) is 2.36. The molecular formula is C12H15BrOS. The van der Waals surface area contributed by atoms with E-state index in [1.807, 2.05) is 30.0 Å². The number of rotatable bonds is 4. The third kappa shape index (κ3) is 3.65. The first-order valence-corrected chi connectivity index (χ1v) is 6.63. The van der Waals surface area contributed by atoms with Gasteiger partial charge in [-0.3, -0.25) is 4.79 Å². The molecular weight excluding hydrogens is 272 g/mol. The molecule has 1 aromatic carbocycles. The molecule has 0 aliphatic heterocycles. The Balaban J connectivity index is 2.79. The Morgan fingerprint density at radius 3 is 2.47 bits per heavy atom. The van der Waals surface area contributed by atoms with Crippen LogP contribution in [-0.2, 0) is 0 Å². The molecule has 0 fully saturated rings. The summed E-state index contributed by atoms with van der Waals surface area (Å²) in [7, 11) is 0. The zero-order valence-corrected chi connectivity index (χ0v) is 11.6. The summed E-state index contributed by atoms with van der Waals surface area (Å²) in [6.07, 6.45) is 0.865. The number of benzene rings is 1. The highest BCUT2D eigenvalue weighted by Crippen LogP contribution is 2.30. The van der Waals surface area contributed by atoms with Gasteiger partial charge in [0.05, 0.1) is 0 Å². The molecule has 1 atom stereocenters. The number of carbonyl (C=O) groups is 1. The van der Waals surface area contributed by atoms with Crippen molar-refractivity contribution in [1.82, 2.24) is 0 Å². The summed E-state index contributed by atoms with van der Waals surface area (Å²) in [5, 5.41) is 0.582. The quantitative estimate of drug-likeness (QED) is 0.603. The second kappa shape index (κ2) is 5.71.